The second-order valence-electron chi connectivity index (χ2n) is 11.0. The van der Waals surface area contributed by atoms with Crippen molar-refractivity contribution in [1.82, 2.24) is 0 Å². The Kier molecular flexibility index (Phi) is 6.94. The molecule has 48 heavy (non-hydrogen) atoms. The van der Waals surface area contributed by atoms with Gasteiger partial charge in [-0.1, -0.05) is 29.7 Å². The lowest BCUT2D eigenvalue weighted by molar-refractivity contribution is -0.288. The highest BCUT2D eigenvalue weighted by Gasteiger charge is 2.73. The van der Waals surface area contributed by atoms with E-state index in [1.807, 2.05) is 0 Å². The maximum absolute atomic E-state index is 15.2. The number of nitrogens with zero attached hydrogens (tertiary/aromatic N) is 2. The number of fused-ring (bicyclic) bond motifs is 2. The van der Waals surface area contributed by atoms with Crippen LogP contribution in [0.1, 0.15) is 63.7 Å². The molecule has 0 saturated heterocycles. The lowest BCUT2D eigenvalue weighted by atomic mass is 9.72. The fraction of sp³-hybridized carbons (Fsp3) is 0.118. The van der Waals surface area contributed by atoms with Crippen LogP contribution >= 0.6 is 0 Å². The van der Waals surface area contributed by atoms with E-state index in [0.717, 1.165) is 12.1 Å². The summed E-state index contributed by atoms with van der Waals surface area (Å²) in [6.07, 6.45) is -7.12. The van der Waals surface area contributed by atoms with Gasteiger partial charge in [0.15, 0.2) is 0 Å². The molecule has 2 heterocycles. The fourth-order valence-corrected chi connectivity index (χ4v) is 5.98. The fourth-order valence-electron chi connectivity index (χ4n) is 5.98. The van der Waals surface area contributed by atoms with E-state index in [1.54, 1.807) is 6.92 Å². The molecule has 8 nitrogen and oxygen atoms in total. The van der Waals surface area contributed by atoms with Crippen molar-refractivity contribution in [3.63, 3.8) is 0 Å². The third-order valence-corrected chi connectivity index (χ3v) is 8.24. The highest BCUT2D eigenvalue weighted by Crippen LogP contribution is 2.58. The molecule has 0 aromatic heterocycles. The number of aryl methyl sites for hydroxylation is 1. The topological polar surface area (TPSA) is 115 Å². The predicted molar refractivity (Wildman–Crippen MR) is 157 cm³/mol. The van der Waals surface area contributed by atoms with Crippen molar-refractivity contribution in [3.05, 3.63) is 117 Å². The first kappa shape index (κ1) is 31.9. The zero-order chi connectivity index (χ0) is 35.1. The highest BCUT2D eigenvalue weighted by atomic mass is 19.4. The van der Waals surface area contributed by atoms with Gasteiger partial charge in [0.25, 0.3) is 23.6 Å². The molecule has 2 aliphatic rings. The standard InChI is InChI=1S/C34H18F6N2O6/c1-3-17-5-9-21-23(13-17)31(48)42(29(21)46)25-15-19(7-11-27(25)44)32(33(35,36)37,34(38,39)40)18-6-10-26(43)24(14-18)41-28(45)20-8-4-16(2)12-22(20)30(41)47/h1,4-15,43-44H,2H3. The lowest BCUT2D eigenvalue weighted by Gasteiger charge is -2.39. The number of halogens is 6. The van der Waals surface area contributed by atoms with E-state index in [2.05, 4.69) is 5.92 Å². The molecule has 0 atom stereocenters. The number of hydrogen-bond acceptors (Lipinski definition) is 6. The third kappa shape index (κ3) is 4.34. The minimum absolute atomic E-state index is 0.152. The zero-order valence-electron chi connectivity index (χ0n) is 24.2. The third-order valence-electron chi connectivity index (χ3n) is 8.24. The van der Waals surface area contributed by atoms with Gasteiger partial charge < -0.3 is 10.2 Å². The number of phenols is 2. The van der Waals surface area contributed by atoms with Gasteiger partial charge in [-0.25, -0.2) is 9.80 Å². The van der Waals surface area contributed by atoms with Crippen molar-refractivity contribution >= 4 is 35.0 Å². The zero-order valence-corrected chi connectivity index (χ0v) is 24.2. The van der Waals surface area contributed by atoms with Gasteiger partial charge in [-0.3, -0.25) is 19.2 Å². The molecule has 6 rings (SSSR count). The predicted octanol–water partition coefficient (Wildman–Crippen LogP) is 6.40. The normalized spacial score (nSPS) is 14.8. The van der Waals surface area contributed by atoms with Crippen LogP contribution in [0.5, 0.6) is 11.5 Å². The molecule has 0 fully saturated rings. The quantitative estimate of drug-likeness (QED) is 0.148. The maximum Gasteiger partial charge on any atom is 0.411 e. The Hall–Kier alpha value is -6.10. The van der Waals surface area contributed by atoms with E-state index in [0.29, 0.717) is 29.8 Å². The van der Waals surface area contributed by atoms with Crippen molar-refractivity contribution < 1.29 is 55.7 Å². The van der Waals surface area contributed by atoms with Crippen molar-refractivity contribution in [2.75, 3.05) is 9.80 Å². The monoisotopic (exact) mass is 664 g/mol. The number of carbonyl (C=O) groups excluding carboxylic acids is 4. The molecule has 0 aliphatic carbocycles. The molecular formula is C34H18F6N2O6. The molecule has 0 radical (unpaired) electrons. The molecule has 4 amide bonds. The van der Waals surface area contributed by atoms with E-state index in [1.165, 1.54) is 24.3 Å². The van der Waals surface area contributed by atoms with Gasteiger partial charge in [0.05, 0.1) is 33.6 Å². The first-order valence-electron chi connectivity index (χ1n) is 13.7. The summed E-state index contributed by atoms with van der Waals surface area (Å²) < 4.78 is 91.0. The van der Waals surface area contributed by atoms with Crippen molar-refractivity contribution in [1.29, 1.82) is 0 Å². The number of alkyl halides is 6. The number of hydrogen-bond donors (Lipinski definition) is 2. The smallest absolute Gasteiger partial charge is 0.411 e. The van der Waals surface area contributed by atoms with Gasteiger partial charge in [-0.05, 0) is 72.6 Å². The summed E-state index contributed by atoms with van der Waals surface area (Å²) in [7, 11) is 0. The first-order chi connectivity index (χ1) is 22.4. The minimum atomic E-state index is -6.23. The van der Waals surface area contributed by atoms with Crippen LogP contribution in [-0.2, 0) is 5.41 Å². The second kappa shape index (κ2) is 10.5. The van der Waals surface area contributed by atoms with Crippen LogP contribution in [0.4, 0.5) is 37.7 Å². The summed E-state index contributed by atoms with van der Waals surface area (Å²) in [5, 5.41) is 21.2. The molecule has 2 aliphatic heterocycles. The van der Waals surface area contributed by atoms with Gasteiger partial charge in [0.1, 0.15) is 11.5 Å². The van der Waals surface area contributed by atoms with Crippen LogP contribution in [0.15, 0.2) is 72.8 Å². The molecule has 0 saturated carbocycles. The van der Waals surface area contributed by atoms with E-state index in [-0.39, 0.29) is 49.7 Å². The van der Waals surface area contributed by atoms with Crippen LogP contribution in [0.25, 0.3) is 0 Å². The Morgan fingerprint density at radius 1 is 0.583 bits per heavy atom. The summed E-state index contributed by atoms with van der Waals surface area (Å²) >= 11 is 0. The van der Waals surface area contributed by atoms with E-state index >= 15 is 26.3 Å². The van der Waals surface area contributed by atoms with Crippen molar-refractivity contribution in [2.45, 2.75) is 24.7 Å². The average molecular weight is 665 g/mol. The number of terminal acetylenes is 1. The van der Waals surface area contributed by atoms with Crippen LogP contribution in [0.2, 0.25) is 0 Å². The van der Waals surface area contributed by atoms with Crippen LogP contribution < -0.4 is 9.80 Å². The van der Waals surface area contributed by atoms with Crippen molar-refractivity contribution in [2.24, 2.45) is 0 Å². The van der Waals surface area contributed by atoms with Gasteiger partial charge in [-0.15, -0.1) is 6.42 Å². The molecule has 14 heteroatoms. The Labute approximate surface area is 266 Å². The number of imide groups is 2. The molecule has 4 aromatic rings. The number of carbonyl (C=O) groups is 4. The number of phenolic OH excluding ortho intramolecular Hbond substituents is 2. The Bertz CT molecular complexity index is 2150. The summed E-state index contributed by atoms with van der Waals surface area (Å²) in [6, 6.07) is 9.59. The summed E-state index contributed by atoms with van der Waals surface area (Å²) in [5.41, 5.74) is -10.3. The van der Waals surface area contributed by atoms with Crippen LogP contribution in [0, 0.1) is 19.3 Å². The number of benzene rings is 4. The number of anilines is 2. The number of rotatable bonds is 4. The second-order valence-corrected chi connectivity index (χ2v) is 11.0. The van der Waals surface area contributed by atoms with Crippen LogP contribution in [-0.4, -0.2) is 46.2 Å². The largest absolute Gasteiger partial charge is 0.506 e. The van der Waals surface area contributed by atoms with Crippen molar-refractivity contribution in [3.8, 4) is 23.8 Å². The Morgan fingerprint density at radius 2 is 1.00 bits per heavy atom. The first-order valence-corrected chi connectivity index (χ1v) is 13.7. The van der Waals surface area contributed by atoms with Gasteiger partial charge in [0, 0.05) is 5.56 Å². The minimum Gasteiger partial charge on any atom is -0.506 e. The van der Waals surface area contributed by atoms with Gasteiger partial charge >= 0.3 is 12.4 Å². The molecule has 0 unspecified atom stereocenters. The van der Waals surface area contributed by atoms with E-state index in [4.69, 9.17) is 6.42 Å². The molecule has 4 aromatic carbocycles. The molecule has 0 spiro atoms. The number of aromatic hydroxyl groups is 2. The maximum atomic E-state index is 15.2. The number of amides is 4. The molecule has 242 valence electrons. The summed E-state index contributed by atoms with van der Waals surface area (Å²) in [5.74, 6) is -4.26. The highest BCUT2D eigenvalue weighted by molar-refractivity contribution is 6.35. The average Bonchev–Trinajstić information content (AvgIpc) is 3.40. The Balaban J connectivity index is 1.56. The van der Waals surface area contributed by atoms with Crippen LogP contribution in [0.3, 0.4) is 0 Å². The van der Waals surface area contributed by atoms with Gasteiger partial charge in [0.2, 0.25) is 5.41 Å². The Morgan fingerprint density at radius 3 is 1.44 bits per heavy atom. The molecule has 2 N–H and O–H groups in total. The molecular weight excluding hydrogens is 646 g/mol. The van der Waals surface area contributed by atoms with E-state index < -0.39 is 75.4 Å². The SMILES string of the molecule is C#Cc1ccc2c(c1)C(=O)N(c1cc(C(c3ccc(O)c(N4C(=O)c5ccc(C)cc5C4=O)c3)(C(F)(F)F)C(F)(F)F)ccc1O)C2=O. The van der Waals surface area contributed by atoms with Gasteiger partial charge in [-0.2, -0.15) is 26.3 Å². The summed E-state index contributed by atoms with van der Waals surface area (Å²) in [6.45, 7) is 1.59. The molecule has 0 bridgehead atoms. The van der Waals surface area contributed by atoms with E-state index in [9.17, 15) is 29.4 Å². The summed E-state index contributed by atoms with van der Waals surface area (Å²) in [4.78, 5) is 53.3. The lowest BCUT2D eigenvalue weighted by Crippen LogP contribution is -2.55.